The summed E-state index contributed by atoms with van der Waals surface area (Å²) in [6.45, 7) is 6.30. The van der Waals surface area contributed by atoms with Crippen LogP contribution in [-0.4, -0.2) is 23.9 Å². The van der Waals surface area contributed by atoms with Gasteiger partial charge in [-0.25, -0.2) is 0 Å². The van der Waals surface area contributed by atoms with Crippen LogP contribution in [0.5, 0.6) is 0 Å². The molecule has 0 saturated heterocycles. The molecule has 1 aromatic rings. The third kappa shape index (κ3) is 3.01. The lowest BCUT2D eigenvalue weighted by Gasteiger charge is -2.28. The highest BCUT2D eigenvalue weighted by Gasteiger charge is 2.19. The second kappa shape index (κ2) is 5.39. The summed E-state index contributed by atoms with van der Waals surface area (Å²) in [4.78, 5) is 14.8. The molecule has 2 nitrogen and oxygen atoms in total. The first-order valence-corrected chi connectivity index (χ1v) is 5.94. The van der Waals surface area contributed by atoms with E-state index >= 15 is 0 Å². The van der Waals surface area contributed by atoms with Crippen LogP contribution in [0.3, 0.4) is 0 Å². The van der Waals surface area contributed by atoms with Gasteiger partial charge >= 0.3 is 0 Å². The van der Waals surface area contributed by atoms with Crippen molar-refractivity contribution in [3.05, 3.63) is 29.8 Å². The van der Waals surface area contributed by atoms with E-state index in [1.54, 1.807) is 4.90 Å². The molecule has 3 heteroatoms. The fraction of sp³-hybridized carbons (Fsp3) is 0.462. The lowest BCUT2D eigenvalue weighted by molar-refractivity contribution is 0.0707. The van der Waals surface area contributed by atoms with Gasteiger partial charge in [0.15, 0.2) is 0 Å². The lowest BCUT2D eigenvalue weighted by Crippen LogP contribution is -2.38. The zero-order valence-corrected chi connectivity index (χ0v) is 11.2. The van der Waals surface area contributed by atoms with Gasteiger partial charge in [-0.3, -0.25) is 4.79 Å². The predicted octanol–water partition coefficient (Wildman–Crippen LogP) is 3.09. The van der Waals surface area contributed by atoms with Crippen LogP contribution in [0.25, 0.3) is 0 Å². The highest BCUT2D eigenvalue weighted by molar-refractivity contribution is 7.80. The monoisotopic (exact) mass is 237 g/mol. The molecule has 0 radical (unpaired) electrons. The van der Waals surface area contributed by atoms with Gasteiger partial charge in [-0.2, -0.15) is 0 Å². The smallest absolute Gasteiger partial charge is 0.253 e. The first-order chi connectivity index (χ1) is 7.43. The Bertz CT molecular complexity index is 359. The lowest BCUT2D eigenvalue weighted by atomic mass is 10.0. The van der Waals surface area contributed by atoms with Crippen molar-refractivity contribution in [1.29, 1.82) is 0 Å². The molecular formula is C13H19NOS. The summed E-state index contributed by atoms with van der Waals surface area (Å²) in [7, 11) is 1.85. The van der Waals surface area contributed by atoms with Crippen LogP contribution >= 0.6 is 12.6 Å². The number of thiol groups is 1. The van der Waals surface area contributed by atoms with Crippen molar-refractivity contribution in [1.82, 2.24) is 4.90 Å². The van der Waals surface area contributed by atoms with Crippen molar-refractivity contribution < 1.29 is 4.79 Å². The summed E-state index contributed by atoms with van der Waals surface area (Å²) in [5, 5.41) is 0. The van der Waals surface area contributed by atoms with Crippen LogP contribution in [0, 0.1) is 5.92 Å². The highest BCUT2D eigenvalue weighted by atomic mass is 32.1. The summed E-state index contributed by atoms with van der Waals surface area (Å²) < 4.78 is 0. The van der Waals surface area contributed by atoms with Gasteiger partial charge in [-0.1, -0.05) is 13.8 Å². The Balaban J connectivity index is 2.82. The maximum Gasteiger partial charge on any atom is 0.253 e. The van der Waals surface area contributed by atoms with Gasteiger partial charge in [0.1, 0.15) is 0 Å². The van der Waals surface area contributed by atoms with Gasteiger partial charge in [0.25, 0.3) is 5.91 Å². The number of amides is 1. The zero-order valence-electron chi connectivity index (χ0n) is 10.3. The van der Waals surface area contributed by atoms with Crippen LogP contribution in [0.4, 0.5) is 0 Å². The number of hydrogen-bond acceptors (Lipinski definition) is 2. The molecule has 88 valence electrons. The van der Waals surface area contributed by atoms with Gasteiger partial charge in [-0.15, -0.1) is 12.6 Å². The van der Waals surface area contributed by atoms with Gasteiger partial charge in [0, 0.05) is 23.5 Å². The number of carbonyl (C=O) groups is 1. The molecule has 0 saturated carbocycles. The molecule has 1 atom stereocenters. The minimum absolute atomic E-state index is 0.0644. The number of nitrogens with zero attached hydrogens (tertiary/aromatic N) is 1. The molecule has 0 aliphatic heterocycles. The van der Waals surface area contributed by atoms with E-state index in [1.807, 2.05) is 31.3 Å². The van der Waals surface area contributed by atoms with Crippen molar-refractivity contribution in [2.45, 2.75) is 31.7 Å². The van der Waals surface area contributed by atoms with E-state index in [4.69, 9.17) is 0 Å². The van der Waals surface area contributed by atoms with Crippen molar-refractivity contribution in [3.8, 4) is 0 Å². The van der Waals surface area contributed by atoms with E-state index < -0.39 is 0 Å². The van der Waals surface area contributed by atoms with Crippen LogP contribution in [-0.2, 0) is 0 Å². The summed E-state index contributed by atoms with van der Waals surface area (Å²) in [6, 6.07) is 7.54. The Kier molecular flexibility index (Phi) is 4.42. The molecule has 0 aliphatic rings. The first-order valence-electron chi connectivity index (χ1n) is 5.49. The summed E-state index contributed by atoms with van der Waals surface area (Å²) in [6.07, 6.45) is 0. The van der Waals surface area contributed by atoms with Crippen LogP contribution in [0.15, 0.2) is 29.2 Å². The van der Waals surface area contributed by atoms with Crippen molar-refractivity contribution in [3.63, 3.8) is 0 Å². The fourth-order valence-electron chi connectivity index (χ4n) is 1.44. The van der Waals surface area contributed by atoms with Gasteiger partial charge in [-0.05, 0) is 37.1 Å². The van der Waals surface area contributed by atoms with Gasteiger partial charge in [0.2, 0.25) is 0 Å². The molecule has 16 heavy (non-hydrogen) atoms. The second-order valence-corrected chi connectivity index (χ2v) is 4.96. The van der Waals surface area contributed by atoms with E-state index in [0.717, 1.165) is 4.90 Å². The molecule has 0 N–H and O–H groups in total. The Morgan fingerprint density at radius 2 is 1.69 bits per heavy atom. The average Bonchev–Trinajstić information content (AvgIpc) is 2.27. The van der Waals surface area contributed by atoms with Crippen molar-refractivity contribution in [2.24, 2.45) is 5.92 Å². The summed E-state index contributed by atoms with van der Waals surface area (Å²) in [5.41, 5.74) is 0.716. The molecular weight excluding hydrogens is 218 g/mol. The molecule has 0 spiro atoms. The SMILES string of the molecule is CC(C)C(C)N(C)C(=O)c1ccc(S)cc1. The molecule has 0 heterocycles. The van der Waals surface area contributed by atoms with E-state index in [1.165, 1.54) is 0 Å². The third-order valence-corrected chi connectivity index (χ3v) is 3.31. The summed E-state index contributed by atoms with van der Waals surface area (Å²) >= 11 is 4.20. The minimum Gasteiger partial charge on any atom is -0.339 e. The Morgan fingerprint density at radius 3 is 2.12 bits per heavy atom. The van der Waals surface area contributed by atoms with Crippen LogP contribution in [0.1, 0.15) is 31.1 Å². The standard InChI is InChI=1S/C13H19NOS/c1-9(2)10(3)14(4)13(15)11-5-7-12(16)8-6-11/h5-10,16H,1-4H3. The predicted molar refractivity (Wildman–Crippen MR) is 70.1 cm³/mol. The third-order valence-electron chi connectivity index (χ3n) is 3.01. The summed E-state index contributed by atoms with van der Waals surface area (Å²) in [5.74, 6) is 0.521. The molecule has 0 fully saturated rings. The maximum atomic E-state index is 12.1. The topological polar surface area (TPSA) is 20.3 Å². The van der Waals surface area contributed by atoms with E-state index in [2.05, 4.69) is 33.4 Å². The Labute approximate surface area is 103 Å². The largest absolute Gasteiger partial charge is 0.339 e. The number of carbonyl (C=O) groups excluding carboxylic acids is 1. The molecule has 1 unspecified atom stereocenters. The molecule has 0 aromatic heterocycles. The van der Waals surface area contributed by atoms with E-state index in [0.29, 0.717) is 11.5 Å². The normalized spacial score (nSPS) is 12.6. The average molecular weight is 237 g/mol. The number of hydrogen-bond donors (Lipinski definition) is 1. The minimum atomic E-state index is 0.0644. The molecule has 1 rings (SSSR count). The molecule has 1 amide bonds. The van der Waals surface area contributed by atoms with E-state index in [9.17, 15) is 4.79 Å². The second-order valence-electron chi connectivity index (χ2n) is 4.45. The van der Waals surface area contributed by atoms with Gasteiger partial charge in [0.05, 0.1) is 0 Å². The molecule has 1 aromatic carbocycles. The Morgan fingerprint density at radius 1 is 1.19 bits per heavy atom. The van der Waals surface area contributed by atoms with Crippen LogP contribution < -0.4 is 0 Å². The number of rotatable bonds is 3. The van der Waals surface area contributed by atoms with Crippen molar-refractivity contribution in [2.75, 3.05) is 7.05 Å². The highest BCUT2D eigenvalue weighted by Crippen LogP contribution is 2.14. The Hall–Kier alpha value is -0.960. The quantitative estimate of drug-likeness (QED) is 0.801. The maximum absolute atomic E-state index is 12.1. The zero-order chi connectivity index (χ0) is 12.3. The fourth-order valence-corrected chi connectivity index (χ4v) is 1.59. The number of benzene rings is 1. The van der Waals surface area contributed by atoms with Crippen LogP contribution in [0.2, 0.25) is 0 Å². The van der Waals surface area contributed by atoms with E-state index in [-0.39, 0.29) is 11.9 Å². The van der Waals surface area contributed by atoms with Crippen molar-refractivity contribution >= 4 is 18.5 Å². The molecule has 0 bridgehead atoms. The molecule has 0 aliphatic carbocycles. The van der Waals surface area contributed by atoms with Gasteiger partial charge < -0.3 is 4.90 Å². The first kappa shape index (κ1) is 13.1.